The Morgan fingerprint density at radius 3 is 1.00 bits per heavy atom. The van der Waals surface area contributed by atoms with Gasteiger partial charge < -0.3 is 13.7 Å². The lowest BCUT2D eigenvalue weighted by Gasteiger charge is -2.35. The quantitative estimate of drug-likeness (QED) is 0.0855. The predicted molar refractivity (Wildman–Crippen MR) is 382 cm³/mol. The largest absolute Gasteiger partial charge is 0.309 e. The van der Waals surface area contributed by atoms with Crippen molar-refractivity contribution in [1.29, 1.82) is 0 Å². The first-order chi connectivity index (χ1) is 44.2. The van der Waals surface area contributed by atoms with Gasteiger partial charge in [0.2, 0.25) is 0 Å². The van der Waals surface area contributed by atoms with Crippen molar-refractivity contribution >= 4 is 123 Å². The van der Waals surface area contributed by atoms with Gasteiger partial charge in [-0.05, 0) is 125 Å². The van der Waals surface area contributed by atoms with Crippen molar-refractivity contribution in [3.05, 3.63) is 358 Å². The fourth-order valence-electron chi connectivity index (χ4n) is 15.2. The second kappa shape index (κ2) is 21.4. The summed E-state index contributed by atoms with van der Waals surface area (Å²) < 4.78 is 7.50. The molecule has 0 unspecified atom stereocenters. The van der Waals surface area contributed by atoms with Gasteiger partial charge in [-0.15, -0.1) is 0 Å². The van der Waals surface area contributed by atoms with Crippen molar-refractivity contribution in [3.63, 3.8) is 0 Å². The van der Waals surface area contributed by atoms with Gasteiger partial charge in [-0.1, -0.05) is 285 Å². The molecule has 17 aromatic rings. The minimum Gasteiger partial charge on any atom is -0.309 e. The van der Waals surface area contributed by atoms with Crippen LogP contribution in [0, 0.1) is 0 Å². The summed E-state index contributed by atoms with van der Waals surface area (Å²) in [6.07, 6.45) is 0. The molecule has 0 aliphatic heterocycles. The molecule has 0 atom stereocenters. The fraction of sp³-hybridized carbons (Fsp3) is 0. The van der Waals surface area contributed by atoms with Gasteiger partial charge in [0.05, 0.1) is 33.1 Å². The molecule has 89 heavy (non-hydrogen) atoms. The van der Waals surface area contributed by atoms with Crippen LogP contribution in [0.3, 0.4) is 0 Å². The van der Waals surface area contributed by atoms with Gasteiger partial charge in [-0.3, -0.25) is 0 Å². The number of fused-ring (bicyclic) bond motifs is 9. The van der Waals surface area contributed by atoms with Gasteiger partial charge in [0.1, 0.15) is 0 Å². The molecule has 0 amide bonds. The molecule has 0 bridgehead atoms. The van der Waals surface area contributed by atoms with Gasteiger partial charge in [0, 0.05) is 49.4 Å². The van der Waals surface area contributed by atoms with E-state index in [1.165, 1.54) is 113 Å². The molecule has 3 aromatic heterocycles. The van der Waals surface area contributed by atoms with E-state index in [-0.39, 0.29) is 0 Å². The third-order valence-corrected chi connectivity index (χ3v) is 28.5. The second-order valence-corrected chi connectivity index (χ2v) is 31.1. The van der Waals surface area contributed by atoms with E-state index in [9.17, 15) is 0 Å². The molecular formula is C84H59N3Si2. The summed E-state index contributed by atoms with van der Waals surface area (Å²) >= 11 is 0. The van der Waals surface area contributed by atoms with Crippen LogP contribution in [0.5, 0.6) is 0 Å². The molecule has 3 nitrogen and oxygen atoms in total. The van der Waals surface area contributed by atoms with Crippen molar-refractivity contribution in [3.8, 4) is 28.2 Å². The molecule has 17 rings (SSSR count). The molecule has 0 aliphatic rings. The average Bonchev–Trinajstić information content (AvgIpc) is 1.78. The predicted octanol–water partition coefficient (Wildman–Crippen LogP) is 15.4. The summed E-state index contributed by atoms with van der Waals surface area (Å²) in [6.45, 7) is 0. The van der Waals surface area contributed by atoms with E-state index in [0.29, 0.717) is 0 Å². The van der Waals surface area contributed by atoms with Crippen LogP contribution in [0.15, 0.2) is 358 Å². The van der Waals surface area contributed by atoms with E-state index in [4.69, 9.17) is 0 Å². The van der Waals surface area contributed by atoms with Crippen LogP contribution in [0.2, 0.25) is 0 Å². The van der Waals surface area contributed by atoms with Crippen molar-refractivity contribution in [2.45, 2.75) is 0 Å². The Morgan fingerprint density at radius 1 is 0.180 bits per heavy atom. The zero-order valence-electron chi connectivity index (χ0n) is 48.9. The molecule has 3 heterocycles. The maximum atomic E-state index is 2.53. The molecule has 0 radical (unpaired) electrons. The first-order valence-corrected chi connectivity index (χ1v) is 34.8. The van der Waals surface area contributed by atoms with Crippen LogP contribution in [0.1, 0.15) is 0 Å². The Bertz CT molecular complexity index is 5350. The van der Waals surface area contributed by atoms with Crippen LogP contribution in [-0.4, -0.2) is 29.8 Å². The monoisotopic (exact) mass is 1170 g/mol. The van der Waals surface area contributed by atoms with E-state index in [1.54, 1.807) is 0 Å². The molecular weight excluding hydrogens is 1110 g/mol. The van der Waals surface area contributed by atoms with Gasteiger partial charge in [0.15, 0.2) is 16.1 Å². The highest BCUT2D eigenvalue weighted by Gasteiger charge is 2.44. The number of aromatic nitrogens is 3. The highest BCUT2D eigenvalue weighted by atomic mass is 28.3. The lowest BCUT2D eigenvalue weighted by molar-refractivity contribution is 1.17. The standard InChI is InChI=1S/C84H59N3Si2/c1-6-27-60(28-7-1)61-51-54-69(55-52-61)89(67-35-12-4-13-36-67,68-37-14-5-15-38-68)83-50-26-49-82-84(83)75-44-19-23-48-80(75)87(82)64-53-56-81-76(59-64)74-43-18-22-47-79(74)86(81)63-30-25-40-71(58-63)88(65-31-8-2-9-32-65,66-33-10-3-11-34-66)70-39-24-29-62(57-70)85-77-45-20-16-41-72(77)73-42-17-21-46-78(73)85/h1-59H. The Kier molecular flexibility index (Phi) is 12.6. The molecule has 0 saturated carbocycles. The first-order valence-electron chi connectivity index (χ1n) is 30.8. The SMILES string of the molecule is c1ccc(-c2ccc([Si](c3ccccc3)(c3ccccc3)c3cccc4c3c3ccccc3n4-c3ccc4c(c3)c3ccccc3n4-c3cccc([Si](c4ccccc4)(c4ccccc4)c4cccc(-n5c6ccccc6c6ccccc65)c4)c3)cc2)cc1. The van der Waals surface area contributed by atoms with E-state index in [1.807, 2.05) is 0 Å². The minimum atomic E-state index is -3.08. The van der Waals surface area contributed by atoms with Crippen molar-refractivity contribution in [2.75, 3.05) is 0 Å². The van der Waals surface area contributed by atoms with Gasteiger partial charge in [-0.25, -0.2) is 0 Å². The van der Waals surface area contributed by atoms with Crippen LogP contribution < -0.4 is 41.5 Å². The number of hydrogen-bond acceptors (Lipinski definition) is 0. The lowest BCUT2D eigenvalue weighted by atomic mass is 10.1. The molecule has 0 aliphatic carbocycles. The highest BCUT2D eigenvalue weighted by Crippen LogP contribution is 2.38. The smallest absolute Gasteiger partial charge is 0.180 e. The summed E-state index contributed by atoms with van der Waals surface area (Å²) in [6, 6.07) is 135. The van der Waals surface area contributed by atoms with Gasteiger partial charge in [-0.2, -0.15) is 0 Å². The molecule has 0 fully saturated rings. The maximum absolute atomic E-state index is 3.08. The molecule has 5 heteroatoms. The summed E-state index contributed by atoms with van der Waals surface area (Å²) in [7, 11) is -6.12. The van der Waals surface area contributed by atoms with Crippen LogP contribution >= 0.6 is 0 Å². The zero-order valence-corrected chi connectivity index (χ0v) is 50.9. The van der Waals surface area contributed by atoms with Crippen LogP contribution in [-0.2, 0) is 0 Å². The third kappa shape index (κ3) is 8.17. The average molecular weight is 1170 g/mol. The van der Waals surface area contributed by atoms with Crippen molar-refractivity contribution in [1.82, 2.24) is 13.7 Å². The number of rotatable bonds is 12. The zero-order chi connectivity index (χ0) is 58.9. The normalized spacial score (nSPS) is 12.0. The summed E-state index contributed by atoms with van der Waals surface area (Å²) in [5, 5.41) is 18.2. The lowest BCUT2D eigenvalue weighted by Crippen LogP contribution is -2.74. The second-order valence-electron chi connectivity index (χ2n) is 23.5. The first kappa shape index (κ1) is 52.3. The highest BCUT2D eigenvalue weighted by molar-refractivity contribution is 7.21. The Morgan fingerprint density at radius 2 is 0.506 bits per heavy atom. The molecule has 0 spiro atoms. The van der Waals surface area contributed by atoms with Crippen LogP contribution in [0.4, 0.5) is 0 Å². The summed E-state index contributed by atoms with van der Waals surface area (Å²) in [5.74, 6) is 0. The van der Waals surface area contributed by atoms with Gasteiger partial charge in [0.25, 0.3) is 0 Å². The number of hydrogen-bond donors (Lipinski definition) is 0. The topological polar surface area (TPSA) is 14.8 Å². The Hall–Kier alpha value is -11.1. The Labute approximate surface area is 519 Å². The molecule has 0 saturated heterocycles. The van der Waals surface area contributed by atoms with E-state index in [2.05, 4.69) is 372 Å². The molecule has 0 N–H and O–H groups in total. The number of para-hydroxylation sites is 4. The fourth-order valence-corrected chi connectivity index (χ4v) is 25.0. The number of nitrogens with zero attached hydrogens (tertiary/aromatic N) is 3. The van der Waals surface area contributed by atoms with Crippen molar-refractivity contribution < 1.29 is 0 Å². The van der Waals surface area contributed by atoms with Gasteiger partial charge >= 0.3 is 0 Å². The van der Waals surface area contributed by atoms with E-state index in [0.717, 1.165) is 22.6 Å². The van der Waals surface area contributed by atoms with E-state index < -0.39 is 16.1 Å². The number of benzene rings is 14. The van der Waals surface area contributed by atoms with Crippen molar-refractivity contribution in [2.24, 2.45) is 0 Å². The molecule has 14 aromatic carbocycles. The third-order valence-electron chi connectivity index (χ3n) is 18.9. The summed E-state index contributed by atoms with van der Waals surface area (Å²) in [5.41, 5.74) is 12.9. The maximum Gasteiger partial charge on any atom is 0.180 e. The summed E-state index contributed by atoms with van der Waals surface area (Å²) in [4.78, 5) is 0. The minimum absolute atomic E-state index is 1.12. The molecule has 418 valence electrons. The van der Waals surface area contributed by atoms with E-state index >= 15 is 0 Å². The van der Waals surface area contributed by atoms with Crippen LogP contribution in [0.25, 0.3) is 93.6 Å². The Balaban J connectivity index is 0.865.